The number of rotatable bonds is 7. The minimum Gasteiger partial charge on any atom is -0.394 e. The van der Waals surface area contributed by atoms with Gasteiger partial charge in [-0.15, -0.1) is 0 Å². The summed E-state index contributed by atoms with van der Waals surface area (Å²) in [4.78, 5) is 31.2. The zero-order chi connectivity index (χ0) is 22.4. The lowest BCUT2D eigenvalue weighted by Crippen LogP contribution is -2.33. The second-order valence-electron chi connectivity index (χ2n) is 6.61. The number of amides is 1. The van der Waals surface area contributed by atoms with Crippen LogP contribution in [0.2, 0.25) is 0 Å². The van der Waals surface area contributed by atoms with Crippen molar-refractivity contribution >= 4 is 34.4 Å². The van der Waals surface area contributed by atoms with E-state index in [9.17, 15) is 19.1 Å². The fraction of sp³-hybridized carbons (Fsp3) is 0.143. The number of aliphatic hydroxyl groups is 2. The maximum absolute atomic E-state index is 13.5. The highest BCUT2D eigenvalue weighted by Gasteiger charge is 2.10. The van der Waals surface area contributed by atoms with E-state index in [0.29, 0.717) is 22.2 Å². The van der Waals surface area contributed by atoms with E-state index in [4.69, 9.17) is 10.9 Å². The Kier molecular flexibility index (Phi) is 6.85. The van der Waals surface area contributed by atoms with Gasteiger partial charge in [-0.25, -0.2) is 4.39 Å². The van der Waals surface area contributed by atoms with Crippen molar-refractivity contribution in [2.24, 2.45) is 15.9 Å². The smallest absolute Gasteiger partial charge is 0.258 e. The third-order valence-corrected chi connectivity index (χ3v) is 4.40. The molecular weight excluding hydrogens is 405 g/mol. The molecule has 6 N–H and O–H groups in total. The van der Waals surface area contributed by atoms with Crippen molar-refractivity contribution in [1.29, 1.82) is 0 Å². The molecule has 0 fully saturated rings. The number of benzene rings is 2. The van der Waals surface area contributed by atoms with Gasteiger partial charge in [0.25, 0.3) is 11.5 Å². The SMILES string of the molecule is NN=C(C=Nc1ccc(C(=O)NC[C@@H](O)CO)cc1)c1cc2cc(F)ccc2[nH]c1=O. The Hall–Kier alpha value is -3.89. The van der Waals surface area contributed by atoms with Gasteiger partial charge < -0.3 is 26.4 Å². The van der Waals surface area contributed by atoms with Crippen LogP contribution in [-0.4, -0.2) is 52.3 Å². The molecule has 2 aromatic carbocycles. The van der Waals surface area contributed by atoms with Crippen molar-refractivity contribution < 1.29 is 19.4 Å². The molecule has 31 heavy (non-hydrogen) atoms. The van der Waals surface area contributed by atoms with Gasteiger partial charge >= 0.3 is 0 Å². The molecule has 1 atom stereocenters. The van der Waals surface area contributed by atoms with E-state index in [0.717, 1.165) is 0 Å². The molecule has 0 radical (unpaired) electrons. The third kappa shape index (κ3) is 5.38. The monoisotopic (exact) mass is 425 g/mol. The van der Waals surface area contributed by atoms with Crippen LogP contribution in [0.15, 0.2) is 63.4 Å². The number of nitrogens with zero attached hydrogens (tertiary/aromatic N) is 2. The quantitative estimate of drug-likeness (QED) is 0.215. The Morgan fingerprint density at radius 2 is 1.97 bits per heavy atom. The molecule has 3 rings (SSSR count). The van der Waals surface area contributed by atoms with Gasteiger partial charge in [-0.05, 0) is 48.5 Å². The summed E-state index contributed by atoms with van der Waals surface area (Å²) >= 11 is 0. The number of H-pyrrole nitrogens is 1. The molecule has 9 nitrogen and oxygen atoms in total. The second-order valence-corrected chi connectivity index (χ2v) is 6.61. The van der Waals surface area contributed by atoms with Gasteiger partial charge in [0.15, 0.2) is 0 Å². The summed E-state index contributed by atoms with van der Waals surface area (Å²) in [5, 5.41) is 24.6. The number of nitrogens with two attached hydrogens (primary N) is 1. The number of carbonyl (C=O) groups is 1. The number of hydrogen-bond acceptors (Lipinski definition) is 7. The first kappa shape index (κ1) is 21.8. The summed E-state index contributed by atoms with van der Waals surface area (Å²) in [6.07, 6.45) is 0.263. The van der Waals surface area contributed by atoms with Crippen LogP contribution in [-0.2, 0) is 0 Å². The van der Waals surface area contributed by atoms with Crippen molar-refractivity contribution in [2.45, 2.75) is 6.10 Å². The number of carbonyl (C=O) groups excluding carboxylic acids is 1. The molecule has 0 saturated carbocycles. The number of aromatic nitrogens is 1. The largest absolute Gasteiger partial charge is 0.394 e. The lowest BCUT2D eigenvalue weighted by molar-refractivity contribution is 0.0802. The molecule has 0 aliphatic rings. The third-order valence-electron chi connectivity index (χ3n) is 4.40. The average Bonchev–Trinajstić information content (AvgIpc) is 2.78. The van der Waals surface area contributed by atoms with Gasteiger partial charge in [0.1, 0.15) is 11.5 Å². The summed E-state index contributed by atoms with van der Waals surface area (Å²) in [7, 11) is 0. The first-order chi connectivity index (χ1) is 14.9. The van der Waals surface area contributed by atoms with Crippen LogP contribution in [0.4, 0.5) is 10.1 Å². The number of halogens is 1. The minimum absolute atomic E-state index is 0.0736. The van der Waals surface area contributed by atoms with E-state index >= 15 is 0 Å². The van der Waals surface area contributed by atoms with Crippen LogP contribution in [0.1, 0.15) is 15.9 Å². The van der Waals surface area contributed by atoms with Gasteiger partial charge in [-0.1, -0.05) is 0 Å². The van der Waals surface area contributed by atoms with E-state index in [1.165, 1.54) is 42.6 Å². The summed E-state index contributed by atoms with van der Waals surface area (Å²) in [5.41, 5.74) is 1.05. The Morgan fingerprint density at radius 3 is 2.65 bits per heavy atom. The number of nitrogens with one attached hydrogen (secondary N) is 2. The highest BCUT2D eigenvalue weighted by molar-refractivity contribution is 6.38. The lowest BCUT2D eigenvalue weighted by Gasteiger charge is -2.09. The number of fused-ring (bicyclic) bond motifs is 1. The molecule has 0 unspecified atom stereocenters. The predicted molar refractivity (Wildman–Crippen MR) is 115 cm³/mol. The standard InChI is InChI=1S/C21H20FN5O4/c22-14-3-6-18-13(7-14)8-17(21(31)26-18)19(27-23)10-24-15-4-1-12(2-5-15)20(30)25-9-16(29)11-28/h1-8,10,16,28-29H,9,11,23H2,(H,25,30)(H,26,31)/t16-/m1/s1. The molecule has 0 aliphatic carbocycles. The Bertz CT molecular complexity index is 1200. The topological polar surface area (TPSA) is 153 Å². The predicted octanol–water partition coefficient (Wildman–Crippen LogP) is 0.816. The molecule has 0 aliphatic heterocycles. The fourth-order valence-corrected chi connectivity index (χ4v) is 2.75. The van der Waals surface area contributed by atoms with E-state index < -0.39 is 30.0 Å². The van der Waals surface area contributed by atoms with E-state index in [1.54, 1.807) is 12.1 Å². The number of pyridine rings is 1. The molecule has 1 aromatic heterocycles. The van der Waals surface area contributed by atoms with Crippen molar-refractivity contribution in [3.05, 3.63) is 75.8 Å². The number of hydrogen-bond donors (Lipinski definition) is 5. The first-order valence-electron chi connectivity index (χ1n) is 9.23. The minimum atomic E-state index is -1.03. The number of aliphatic hydroxyl groups excluding tert-OH is 2. The van der Waals surface area contributed by atoms with E-state index in [-0.39, 0.29) is 17.8 Å². The summed E-state index contributed by atoms with van der Waals surface area (Å²) in [6.45, 7) is -0.524. The number of aliphatic imine (C=N–C) groups is 1. The number of hydrazone groups is 1. The van der Waals surface area contributed by atoms with Crippen LogP contribution in [0.25, 0.3) is 10.9 Å². The van der Waals surface area contributed by atoms with E-state index in [2.05, 4.69) is 20.4 Å². The van der Waals surface area contributed by atoms with Crippen LogP contribution >= 0.6 is 0 Å². The Labute approximate surface area is 175 Å². The fourth-order valence-electron chi connectivity index (χ4n) is 2.75. The van der Waals surface area contributed by atoms with Gasteiger partial charge in [0.05, 0.1) is 30.2 Å². The molecule has 1 heterocycles. The molecule has 0 spiro atoms. The lowest BCUT2D eigenvalue weighted by atomic mass is 10.1. The zero-order valence-electron chi connectivity index (χ0n) is 16.2. The summed E-state index contributed by atoms with van der Waals surface area (Å²) < 4.78 is 13.5. The van der Waals surface area contributed by atoms with Crippen LogP contribution in [0, 0.1) is 5.82 Å². The summed E-state index contributed by atoms with van der Waals surface area (Å²) in [5.74, 6) is 4.56. The van der Waals surface area contributed by atoms with Gasteiger partial charge in [0.2, 0.25) is 0 Å². The van der Waals surface area contributed by atoms with Crippen molar-refractivity contribution in [1.82, 2.24) is 10.3 Å². The molecule has 0 bridgehead atoms. The molecular formula is C21H20FN5O4. The van der Waals surface area contributed by atoms with Crippen LogP contribution < -0.4 is 16.7 Å². The first-order valence-corrected chi connectivity index (χ1v) is 9.23. The van der Waals surface area contributed by atoms with Crippen LogP contribution in [0.5, 0.6) is 0 Å². The van der Waals surface area contributed by atoms with Gasteiger partial charge in [0, 0.05) is 23.0 Å². The molecule has 3 aromatic rings. The van der Waals surface area contributed by atoms with Crippen molar-refractivity contribution in [3.8, 4) is 0 Å². The summed E-state index contributed by atoms with van der Waals surface area (Å²) in [6, 6.07) is 11.7. The van der Waals surface area contributed by atoms with E-state index in [1.807, 2.05) is 0 Å². The normalized spacial score (nSPS) is 12.9. The maximum Gasteiger partial charge on any atom is 0.258 e. The number of aromatic amines is 1. The van der Waals surface area contributed by atoms with Gasteiger partial charge in [-0.3, -0.25) is 14.6 Å². The van der Waals surface area contributed by atoms with Crippen molar-refractivity contribution in [3.63, 3.8) is 0 Å². The Balaban J connectivity index is 1.77. The van der Waals surface area contributed by atoms with Gasteiger partial charge in [-0.2, -0.15) is 5.10 Å². The highest BCUT2D eigenvalue weighted by Crippen LogP contribution is 2.15. The average molecular weight is 425 g/mol. The highest BCUT2D eigenvalue weighted by atomic mass is 19.1. The molecule has 0 saturated heterocycles. The molecule has 160 valence electrons. The molecule has 10 heteroatoms. The zero-order valence-corrected chi connectivity index (χ0v) is 16.2. The van der Waals surface area contributed by atoms with Crippen LogP contribution in [0.3, 0.4) is 0 Å². The maximum atomic E-state index is 13.5. The Morgan fingerprint density at radius 1 is 1.23 bits per heavy atom. The van der Waals surface area contributed by atoms with Crippen molar-refractivity contribution in [2.75, 3.05) is 13.2 Å². The molecule has 1 amide bonds. The second kappa shape index (κ2) is 9.74.